The van der Waals surface area contributed by atoms with E-state index in [1.54, 1.807) is 25.7 Å². The van der Waals surface area contributed by atoms with Gasteiger partial charge in [0.05, 0.1) is 11.2 Å². The van der Waals surface area contributed by atoms with Crippen LogP contribution in [0.15, 0.2) is 43.9 Å². The second kappa shape index (κ2) is 3.94. The van der Waals surface area contributed by atoms with Crippen molar-refractivity contribution in [1.29, 1.82) is 0 Å². The first kappa shape index (κ1) is 10.0. The fraction of sp³-hybridized carbons (Fsp3) is 0.200. The average Bonchev–Trinajstić information content (AvgIpc) is 2.60. The molecule has 0 fully saturated rings. The molecule has 0 aliphatic heterocycles. The molecule has 15 heavy (non-hydrogen) atoms. The van der Waals surface area contributed by atoms with Gasteiger partial charge in [0.25, 0.3) is 5.56 Å². The van der Waals surface area contributed by atoms with Crippen LogP contribution in [0.3, 0.4) is 0 Å². The Hall–Kier alpha value is -1.49. The Labute approximate surface area is 90.9 Å². The van der Waals surface area contributed by atoms with Gasteiger partial charge in [-0.05, 0) is 13.0 Å². The van der Waals surface area contributed by atoms with Crippen molar-refractivity contribution >= 4 is 11.8 Å². The Morgan fingerprint density at radius 1 is 1.53 bits per heavy atom. The van der Waals surface area contributed by atoms with E-state index in [4.69, 9.17) is 4.42 Å². The van der Waals surface area contributed by atoms with Gasteiger partial charge < -0.3 is 8.98 Å². The predicted molar refractivity (Wildman–Crippen MR) is 57.0 cm³/mol. The fourth-order valence-corrected chi connectivity index (χ4v) is 2.00. The molecule has 0 N–H and O–H groups in total. The third kappa shape index (κ3) is 1.97. The van der Waals surface area contributed by atoms with Crippen molar-refractivity contribution in [3.05, 3.63) is 40.8 Å². The van der Waals surface area contributed by atoms with E-state index in [-0.39, 0.29) is 5.56 Å². The molecule has 0 amide bonds. The SMILES string of the molecule is Cc1occc1Sc1nccn(C)c1=O. The summed E-state index contributed by atoms with van der Waals surface area (Å²) in [5.41, 5.74) is -0.0944. The summed E-state index contributed by atoms with van der Waals surface area (Å²) in [5, 5.41) is 0.463. The van der Waals surface area contributed by atoms with Crippen LogP contribution in [0.25, 0.3) is 0 Å². The molecule has 0 unspecified atom stereocenters. The van der Waals surface area contributed by atoms with Crippen molar-refractivity contribution in [3.8, 4) is 0 Å². The van der Waals surface area contributed by atoms with Gasteiger partial charge in [-0.3, -0.25) is 4.79 Å². The standard InChI is InChI=1S/C10H10N2O2S/c1-7-8(3-6-14-7)15-9-10(13)12(2)5-4-11-9/h3-6H,1-2H3. The van der Waals surface area contributed by atoms with Crippen molar-refractivity contribution in [2.24, 2.45) is 7.05 Å². The van der Waals surface area contributed by atoms with Crippen LogP contribution < -0.4 is 5.56 Å². The number of aromatic nitrogens is 2. The Morgan fingerprint density at radius 2 is 2.33 bits per heavy atom. The summed E-state index contributed by atoms with van der Waals surface area (Å²) in [6, 6.07) is 1.83. The van der Waals surface area contributed by atoms with Gasteiger partial charge in [-0.25, -0.2) is 4.98 Å². The highest BCUT2D eigenvalue weighted by Crippen LogP contribution is 2.27. The molecule has 2 rings (SSSR count). The molecule has 0 saturated heterocycles. The van der Waals surface area contributed by atoms with Crippen molar-refractivity contribution in [3.63, 3.8) is 0 Å². The molecule has 0 saturated carbocycles. The number of furan rings is 1. The molecular formula is C10H10N2O2S. The maximum Gasteiger partial charge on any atom is 0.283 e. The molecule has 4 nitrogen and oxygen atoms in total. The lowest BCUT2D eigenvalue weighted by Gasteiger charge is -2.00. The van der Waals surface area contributed by atoms with Crippen LogP contribution in [0.1, 0.15) is 5.76 Å². The maximum absolute atomic E-state index is 11.7. The molecule has 0 radical (unpaired) electrons. The monoisotopic (exact) mass is 222 g/mol. The molecule has 0 aromatic carbocycles. The lowest BCUT2D eigenvalue weighted by atomic mass is 10.5. The number of hydrogen-bond donors (Lipinski definition) is 0. The van der Waals surface area contributed by atoms with Gasteiger partial charge >= 0.3 is 0 Å². The topological polar surface area (TPSA) is 48.0 Å². The normalized spacial score (nSPS) is 10.5. The predicted octanol–water partition coefficient (Wildman–Crippen LogP) is 1.83. The summed E-state index contributed by atoms with van der Waals surface area (Å²) in [6.07, 6.45) is 4.85. The molecule has 2 heterocycles. The van der Waals surface area contributed by atoms with Crippen LogP contribution in [0.5, 0.6) is 0 Å². The Kier molecular flexibility index (Phi) is 2.64. The van der Waals surface area contributed by atoms with E-state index in [0.29, 0.717) is 5.03 Å². The third-order valence-corrected chi connectivity index (χ3v) is 3.12. The Bertz CT molecular complexity index is 530. The zero-order valence-electron chi connectivity index (χ0n) is 8.43. The molecule has 0 aliphatic rings. The maximum atomic E-state index is 11.7. The van der Waals surface area contributed by atoms with Crippen LogP contribution in [0.4, 0.5) is 0 Å². The smallest absolute Gasteiger partial charge is 0.283 e. The molecule has 78 valence electrons. The number of aryl methyl sites for hydroxylation is 2. The highest BCUT2D eigenvalue weighted by Gasteiger charge is 2.08. The van der Waals surface area contributed by atoms with E-state index in [0.717, 1.165) is 10.7 Å². The minimum absolute atomic E-state index is 0.0944. The minimum Gasteiger partial charge on any atom is -0.468 e. The summed E-state index contributed by atoms with van der Waals surface area (Å²) in [5.74, 6) is 0.799. The highest BCUT2D eigenvalue weighted by atomic mass is 32.2. The number of rotatable bonds is 2. The van der Waals surface area contributed by atoms with E-state index in [2.05, 4.69) is 4.98 Å². The molecular weight excluding hydrogens is 212 g/mol. The van der Waals surface area contributed by atoms with E-state index in [1.807, 2.05) is 13.0 Å². The van der Waals surface area contributed by atoms with Gasteiger partial charge in [0.1, 0.15) is 5.76 Å². The number of hydrogen-bond acceptors (Lipinski definition) is 4. The summed E-state index contributed by atoms with van der Waals surface area (Å²) >= 11 is 1.32. The van der Waals surface area contributed by atoms with Gasteiger partial charge in [0.15, 0.2) is 5.03 Å². The lowest BCUT2D eigenvalue weighted by molar-refractivity contribution is 0.527. The second-order valence-corrected chi connectivity index (χ2v) is 4.12. The van der Waals surface area contributed by atoms with Crippen molar-refractivity contribution in [1.82, 2.24) is 9.55 Å². The summed E-state index contributed by atoms with van der Waals surface area (Å²) in [4.78, 5) is 16.6. The van der Waals surface area contributed by atoms with E-state index >= 15 is 0 Å². The molecule has 0 bridgehead atoms. The van der Waals surface area contributed by atoms with E-state index < -0.39 is 0 Å². The lowest BCUT2D eigenvalue weighted by Crippen LogP contribution is -2.18. The third-order valence-electron chi connectivity index (χ3n) is 2.00. The molecule has 5 heteroatoms. The molecule has 0 aliphatic carbocycles. The summed E-state index contributed by atoms with van der Waals surface area (Å²) in [6.45, 7) is 1.86. The second-order valence-electron chi connectivity index (χ2n) is 3.09. The van der Waals surface area contributed by atoms with Gasteiger partial charge in [0.2, 0.25) is 0 Å². The molecule has 2 aromatic heterocycles. The van der Waals surface area contributed by atoms with Crippen LogP contribution in [-0.2, 0) is 7.05 Å². The first-order valence-corrected chi connectivity index (χ1v) is 5.23. The fourth-order valence-electron chi connectivity index (χ4n) is 1.13. The first-order chi connectivity index (χ1) is 7.18. The zero-order valence-corrected chi connectivity index (χ0v) is 9.25. The largest absolute Gasteiger partial charge is 0.468 e. The van der Waals surface area contributed by atoms with Crippen molar-refractivity contribution < 1.29 is 4.42 Å². The van der Waals surface area contributed by atoms with Crippen LogP contribution in [0, 0.1) is 6.92 Å². The zero-order chi connectivity index (χ0) is 10.8. The summed E-state index contributed by atoms with van der Waals surface area (Å²) in [7, 11) is 1.70. The molecule has 0 spiro atoms. The number of nitrogens with zero attached hydrogens (tertiary/aromatic N) is 2. The molecule has 2 aromatic rings. The molecule has 0 atom stereocenters. The van der Waals surface area contributed by atoms with E-state index in [1.165, 1.54) is 16.3 Å². The van der Waals surface area contributed by atoms with Crippen LogP contribution in [-0.4, -0.2) is 9.55 Å². The van der Waals surface area contributed by atoms with Crippen LogP contribution in [0.2, 0.25) is 0 Å². The quantitative estimate of drug-likeness (QED) is 0.777. The van der Waals surface area contributed by atoms with Gasteiger partial charge in [-0.2, -0.15) is 0 Å². The van der Waals surface area contributed by atoms with E-state index in [9.17, 15) is 4.79 Å². The summed E-state index contributed by atoms with van der Waals surface area (Å²) < 4.78 is 6.65. The first-order valence-electron chi connectivity index (χ1n) is 4.42. The van der Waals surface area contributed by atoms with Crippen LogP contribution >= 0.6 is 11.8 Å². The van der Waals surface area contributed by atoms with Crippen molar-refractivity contribution in [2.75, 3.05) is 0 Å². The average molecular weight is 222 g/mol. The van der Waals surface area contributed by atoms with Gasteiger partial charge in [-0.1, -0.05) is 11.8 Å². The minimum atomic E-state index is -0.0944. The Balaban J connectivity index is 2.37. The van der Waals surface area contributed by atoms with Gasteiger partial charge in [-0.15, -0.1) is 0 Å². The van der Waals surface area contributed by atoms with Crippen molar-refractivity contribution in [2.45, 2.75) is 16.8 Å². The van der Waals surface area contributed by atoms with Gasteiger partial charge in [0, 0.05) is 19.4 Å². The highest BCUT2D eigenvalue weighted by molar-refractivity contribution is 7.99. The Morgan fingerprint density at radius 3 is 3.00 bits per heavy atom.